The number of carboxylic acid groups (broad SMARTS) is 1. The van der Waals surface area contributed by atoms with Crippen molar-refractivity contribution in [3.8, 4) is 0 Å². The van der Waals surface area contributed by atoms with Crippen molar-refractivity contribution in [1.29, 1.82) is 0 Å². The number of hydrogen-bond acceptors (Lipinski definition) is 4. The van der Waals surface area contributed by atoms with Crippen LogP contribution in [0.15, 0.2) is 10.6 Å². The summed E-state index contributed by atoms with van der Waals surface area (Å²) in [5.74, 6) is -3.83. The number of carboxylic acids is 1. The van der Waals surface area contributed by atoms with Gasteiger partial charge in [-0.15, -0.1) is 0 Å². The number of Topliss-reactive ketones (excluding diaryl/α,β-unsaturated/α-hetero) is 1. The second kappa shape index (κ2) is 4.61. The Kier molecular flexibility index (Phi) is 4.13. The lowest BCUT2D eigenvalue weighted by Gasteiger charge is -1.99. The van der Waals surface area contributed by atoms with Crippen molar-refractivity contribution in [3.05, 3.63) is 10.6 Å². The summed E-state index contributed by atoms with van der Waals surface area (Å²) in [5.41, 5.74) is -0.346. The Morgan fingerprint density at radius 1 is 1.31 bits per heavy atom. The highest BCUT2D eigenvalue weighted by molar-refractivity contribution is 6.48. The molecular formula is C7H7ClO5. The van der Waals surface area contributed by atoms with Gasteiger partial charge >= 0.3 is 11.9 Å². The minimum atomic E-state index is -1.67. The van der Waals surface area contributed by atoms with Gasteiger partial charge in [0.25, 0.3) is 5.78 Å². The van der Waals surface area contributed by atoms with Gasteiger partial charge in [0.2, 0.25) is 0 Å². The molecule has 0 aromatic heterocycles. The minimum Gasteiger partial charge on any atom is -0.475 e. The molecule has 0 aliphatic rings. The van der Waals surface area contributed by atoms with Crippen molar-refractivity contribution in [2.45, 2.75) is 6.92 Å². The van der Waals surface area contributed by atoms with Gasteiger partial charge < -0.3 is 9.84 Å². The third kappa shape index (κ3) is 2.87. The maximum absolute atomic E-state index is 10.8. The summed E-state index contributed by atoms with van der Waals surface area (Å²) in [6, 6.07) is 0. The quantitative estimate of drug-likeness (QED) is 0.409. The van der Waals surface area contributed by atoms with Gasteiger partial charge in [-0.2, -0.15) is 0 Å². The highest BCUT2D eigenvalue weighted by atomic mass is 35.5. The molecule has 0 unspecified atom stereocenters. The van der Waals surface area contributed by atoms with Crippen LogP contribution in [0.25, 0.3) is 0 Å². The zero-order valence-electron chi connectivity index (χ0n) is 6.96. The number of aliphatic carboxylic acids is 1. The van der Waals surface area contributed by atoms with Gasteiger partial charge in [-0.1, -0.05) is 11.6 Å². The summed E-state index contributed by atoms with van der Waals surface area (Å²) in [6.45, 7) is 1.13. The van der Waals surface area contributed by atoms with E-state index >= 15 is 0 Å². The van der Waals surface area contributed by atoms with Crippen LogP contribution in [0.2, 0.25) is 0 Å². The van der Waals surface area contributed by atoms with Crippen LogP contribution in [0.5, 0.6) is 0 Å². The lowest BCUT2D eigenvalue weighted by atomic mass is 10.2. The molecule has 0 bridgehead atoms. The van der Waals surface area contributed by atoms with Gasteiger partial charge in [-0.05, 0) is 6.92 Å². The summed E-state index contributed by atoms with van der Waals surface area (Å²) in [6.07, 6.45) is 0. The van der Waals surface area contributed by atoms with Crippen LogP contribution in [0, 0.1) is 0 Å². The second-order valence-electron chi connectivity index (χ2n) is 2.06. The van der Waals surface area contributed by atoms with E-state index in [9.17, 15) is 14.4 Å². The van der Waals surface area contributed by atoms with Gasteiger partial charge in [-0.25, -0.2) is 9.59 Å². The highest BCUT2D eigenvalue weighted by Crippen LogP contribution is 2.11. The van der Waals surface area contributed by atoms with Crippen molar-refractivity contribution in [2.24, 2.45) is 0 Å². The Labute approximate surface area is 78.9 Å². The number of rotatable bonds is 3. The maximum Gasteiger partial charge on any atom is 0.376 e. The normalized spacial score (nSPS) is 11.6. The molecule has 0 amide bonds. The molecule has 0 fully saturated rings. The van der Waals surface area contributed by atoms with Crippen LogP contribution >= 0.6 is 11.6 Å². The molecule has 0 aromatic carbocycles. The molecule has 5 nitrogen and oxygen atoms in total. The molecule has 0 radical (unpaired) electrons. The molecule has 0 heterocycles. The Balaban J connectivity index is 4.92. The molecular weight excluding hydrogens is 200 g/mol. The molecule has 0 aromatic rings. The van der Waals surface area contributed by atoms with E-state index in [0.29, 0.717) is 0 Å². The van der Waals surface area contributed by atoms with Crippen LogP contribution in [0.3, 0.4) is 0 Å². The van der Waals surface area contributed by atoms with Gasteiger partial charge in [-0.3, -0.25) is 4.79 Å². The molecule has 13 heavy (non-hydrogen) atoms. The second-order valence-corrected chi connectivity index (χ2v) is 2.44. The number of ketones is 1. The standard InChI is InChI=1S/C7H7ClO5/c1-3(5(9)6(10)11)4(8)7(12)13-2/h1-2H3,(H,10,11)/b4-3-. The molecule has 0 rings (SSSR count). The number of carbonyl (C=O) groups excluding carboxylic acids is 2. The summed E-state index contributed by atoms with van der Waals surface area (Å²) in [5, 5.41) is 7.74. The van der Waals surface area contributed by atoms with Gasteiger partial charge in [0.15, 0.2) is 0 Å². The first kappa shape index (κ1) is 11.6. The van der Waals surface area contributed by atoms with E-state index in [-0.39, 0.29) is 5.57 Å². The van der Waals surface area contributed by atoms with Gasteiger partial charge in [0, 0.05) is 5.57 Å². The van der Waals surface area contributed by atoms with E-state index in [0.717, 1.165) is 14.0 Å². The van der Waals surface area contributed by atoms with Crippen LogP contribution in [-0.2, 0) is 19.1 Å². The third-order valence-corrected chi connectivity index (χ3v) is 1.67. The van der Waals surface area contributed by atoms with E-state index in [1.165, 1.54) is 0 Å². The minimum absolute atomic E-state index is 0.346. The molecule has 6 heteroatoms. The van der Waals surface area contributed by atoms with Crippen LogP contribution in [0.1, 0.15) is 6.92 Å². The van der Waals surface area contributed by atoms with Crippen molar-refractivity contribution >= 4 is 29.3 Å². The number of carbonyl (C=O) groups is 3. The Morgan fingerprint density at radius 3 is 2.08 bits per heavy atom. The zero-order chi connectivity index (χ0) is 10.6. The highest BCUT2D eigenvalue weighted by Gasteiger charge is 2.20. The predicted molar refractivity (Wildman–Crippen MR) is 43.2 cm³/mol. The number of esters is 1. The molecule has 0 spiro atoms. The summed E-state index contributed by atoms with van der Waals surface area (Å²) in [4.78, 5) is 31.6. The van der Waals surface area contributed by atoms with E-state index < -0.39 is 22.8 Å². The van der Waals surface area contributed by atoms with E-state index in [1.54, 1.807) is 0 Å². The molecule has 0 aliphatic heterocycles. The SMILES string of the molecule is COC(=O)/C(Cl)=C(\C)C(=O)C(=O)O. The van der Waals surface area contributed by atoms with E-state index in [1.807, 2.05) is 0 Å². The van der Waals surface area contributed by atoms with Crippen LogP contribution in [-0.4, -0.2) is 29.9 Å². The Morgan fingerprint density at radius 2 is 1.77 bits per heavy atom. The first-order valence-corrected chi connectivity index (χ1v) is 3.52. The molecule has 0 saturated carbocycles. The van der Waals surface area contributed by atoms with E-state index in [2.05, 4.69) is 4.74 Å². The van der Waals surface area contributed by atoms with Crippen molar-refractivity contribution in [1.82, 2.24) is 0 Å². The van der Waals surface area contributed by atoms with Crippen molar-refractivity contribution in [2.75, 3.05) is 7.11 Å². The zero-order valence-corrected chi connectivity index (χ0v) is 7.71. The molecule has 72 valence electrons. The summed E-state index contributed by atoms with van der Waals surface area (Å²) < 4.78 is 4.19. The first-order valence-electron chi connectivity index (χ1n) is 3.14. The maximum atomic E-state index is 10.8. The Hall–Kier alpha value is -1.36. The smallest absolute Gasteiger partial charge is 0.376 e. The predicted octanol–water partition coefficient (Wildman–Crippen LogP) is 0.326. The van der Waals surface area contributed by atoms with Gasteiger partial charge in [0.05, 0.1) is 7.11 Å². The van der Waals surface area contributed by atoms with E-state index in [4.69, 9.17) is 16.7 Å². The van der Waals surface area contributed by atoms with Crippen LogP contribution < -0.4 is 0 Å². The van der Waals surface area contributed by atoms with Crippen LogP contribution in [0.4, 0.5) is 0 Å². The molecule has 0 aliphatic carbocycles. The lowest BCUT2D eigenvalue weighted by molar-refractivity contribution is -0.147. The first-order chi connectivity index (χ1) is 5.91. The average molecular weight is 207 g/mol. The fourth-order valence-corrected chi connectivity index (χ4v) is 0.666. The number of hydrogen-bond donors (Lipinski definition) is 1. The Bertz CT molecular complexity index is 291. The largest absolute Gasteiger partial charge is 0.475 e. The third-order valence-electron chi connectivity index (χ3n) is 1.23. The molecule has 1 N–H and O–H groups in total. The lowest BCUT2D eigenvalue weighted by Crippen LogP contribution is -2.16. The topological polar surface area (TPSA) is 80.7 Å². The van der Waals surface area contributed by atoms with Crippen molar-refractivity contribution in [3.63, 3.8) is 0 Å². The van der Waals surface area contributed by atoms with Crippen molar-refractivity contribution < 1.29 is 24.2 Å². The summed E-state index contributed by atoms with van der Waals surface area (Å²) >= 11 is 5.34. The number of halogens is 1. The molecule has 0 saturated heterocycles. The monoisotopic (exact) mass is 206 g/mol. The number of methoxy groups -OCH3 is 1. The fraction of sp³-hybridized carbons (Fsp3) is 0.286. The fourth-order valence-electron chi connectivity index (χ4n) is 0.503. The summed E-state index contributed by atoms with van der Waals surface area (Å²) in [7, 11) is 1.07. The number of ether oxygens (including phenoxy) is 1. The molecule has 0 atom stereocenters. The van der Waals surface area contributed by atoms with Gasteiger partial charge in [0.1, 0.15) is 5.03 Å². The average Bonchev–Trinajstić information content (AvgIpc) is 2.12.